The molecule has 0 saturated carbocycles. The first-order chi connectivity index (χ1) is 15.1. The molecule has 0 radical (unpaired) electrons. The highest BCUT2D eigenvalue weighted by atomic mass is 35.5. The van der Waals surface area contributed by atoms with Crippen LogP contribution < -0.4 is 10.6 Å². The molecule has 1 fully saturated rings. The predicted molar refractivity (Wildman–Crippen MR) is 127 cm³/mol. The Morgan fingerprint density at radius 3 is 2.48 bits per heavy atom. The van der Waals surface area contributed by atoms with Gasteiger partial charge < -0.3 is 10.6 Å². The van der Waals surface area contributed by atoms with Crippen molar-refractivity contribution < 1.29 is 4.79 Å². The third-order valence-electron chi connectivity index (χ3n) is 5.41. The van der Waals surface area contributed by atoms with Gasteiger partial charge in [-0.15, -0.1) is 0 Å². The number of hydrogen-bond donors (Lipinski definition) is 2. The predicted octanol–water partition coefficient (Wildman–Crippen LogP) is 5.72. The molecule has 0 unspecified atom stereocenters. The average molecular weight is 455 g/mol. The van der Waals surface area contributed by atoms with Crippen LogP contribution in [0.2, 0.25) is 10.2 Å². The van der Waals surface area contributed by atoms with E-state index in [4.69, 9.17) is 23.2 Å². The fraction of sp³-hybridized carbons (Fsp3) is 0.250. The molecule has 1 amide bonds. The summed E-state index contributed by atoms with van der Waals surface area (Å²) in [6.45, 7) is 3.09. The van der Waals surface area contributed by atoms with Gasteiger partial charge in [-0.25, -0.2) is 4.98 Å². The van der Waals surface area contributed by atoms with Crippen molar-refractivity contribution in [2.24, 2.45) is 0 Å². The highest BCUT2D eigenvalue weighted by Crippen LogP contribution is 2.28. The fourth-order valence-electron chi connectivity index (χ4n) is 3.72. The van der Waals surface area contributed by atoms with E-state index in [9.17, 15) is 4.79 Å². The van der Waals surface area contributed by atoms with Gasteiger partial charge in [0.25, 0.3) is 5.91 Å². The van der Waals surface area contributed by atoms with Crippen molar-refractivity contribution in [3.63, 3.8) is 0 Å². The normalized spacial score (nSPS) is 14.9. The van der Waals surface area contributed by atoms with Crippen LogP contribution in [0.4, 0.5) is 11.4 Å². The zero-order valence-corrected chi connectivity index (χ0v) is 18.5. The van der Waals surface area contributed by atoms with Crippen LogP contribution in [-0.4, -0.2) is 34.9 Å². The summed E-state index contributed by atoms with van der Waals surface area (Å²) >= 11 is 12.3. The molecule has 2 aromatic carbocycles. The molecule has 1 aromatic heterocycles. The summed E-state index contributed by atoms with van der Waals surface area (Å²) in [5, 5.41) is 7.32. The first-order valence-electron chi connectivity index (χ1n) is 10.3. The Hall–Kier alpha value is -2.60. The second-order valence-corrected chi connectivity index (χ2v) is 8.49. The average Bonchev–Trinajstić information content (AvgIpc) is 2.78. The first kappa shape index (κ1) is 21.6. The first-order valence-corrected chi connectivity index (χ1v) is 11.1. The fourth-order valence-corrected chi connectivity index (χ4v) is 4.07. The molecule has 2 heterocycles. The quantitative estimate of drug-likeness (QED) is 0.467. The molecule has 5 nitrogen and oxygen atoms in total. The smallest absolute Gasteiger partial charge is 0.257 e. The Morgan fingerprint density at radius 1 is 1.03 bits per heavy atom. The van der Waals surface area contributed by atoms with E-state index in [0.29, 0.717) is 27.5 Å². The number of carbonyl (C=O) groups is 1. The van der Waals surface area contributed by atoms with Gasteiger partial charge in [0.2, 0.25) is 0 Å². The topological polar surface area (TPSA) is 57.3 Å². The van der Waals surface area contributed by atoms with Crippen molar-refractivity contribution in [2.75, 3.05) is 23.7 Å². The third-order valence-corrected chi connectivity index (χ3v) is 5.95. The van der Waals surface area contributed by atoms with Crippen LogP contribution in [0.1, 0.15) is 28.8 Å². The van der Waals surface area contributed by atoms with E-state index in [1.54, 1.807) is 18.2 Å². The van der Waals surface area contributed by atoms with E-state index in [2.05, 4.69) is 50.8 Å². The number of benzene rings is 2. The van der Waals surface area contributed by atoms with Crippen LogP contribution >= 0.6 is 23.2 Å². The maximum absolute atomic E-state index is 12.3. The molecule has 0 bridgehead atoms. The molecule has 7 heteroatoms. The minimum absolute atomic E-state index is 0.258. The lowest BCUT2D eigenvalue weighted by atomic mass is 10.0. The van der Waals surface area contributed by atoms with Gasteiger partial charge in [-0.2, -0.15) is 0 Å². The molecule has 2 N–H and O–H groups in total. The lowest BCUT2D eigenvalue weighted by molar-refractivity contribution is 0.102. The number of pyridine rings is 1. The second kappa shape index (κ2) is 10.1. The van der Waals surface area contributed by atoms with Gasteiger partial charge in [0.1, 0.15) is 5.15 Å². The second-order valence-electron chi connectivity index (χ2n) is 7.70. The third kappa shape index (κ3) is 5.97. The van der Waals surface area contributed by atoms with Crippen molar-refractivity contribution in [1.82, 2.24) is 9.88 Å². The van der Waals surface area contributed by atoms with Crippen LogP contribution in [0.5, 0.6) is 0 Å². The van der Waals surface area contributed by atoms with E-state index in [0.717, 1.165) is 38.2 Å². The summed E-state index contributed by atoms with van der Waals surface area (Å²) in [6, 6.07) is 19.7. The molecule has 0 atom stereocenters. The van der Waals surface area contributed by atoms with Gasteiger partial charge in [-0.1, -0.05) is 53.5 Å². The Labute approximate surface area is 192 Å². The zero-order chi connectivity index (χ0) is 21.6. The highest BCUT2D eigenvalue weighted by Gasteiger charge is 2.20. The molecule has 1 saturated heterocycles. The summed E-state index contributed by atoms with van der Waals surface area (Å²) in [6.07, 6.45) is 3.57. The van der Waals surface area contributed by atoms with Crippen molar-refractivity contribution in [3.8, 4) is 0 Å². The number of nitrogens with one attached hydrogen (secondary N) is 2. The minimum Gasteiger partial charge on any atom is -0.381 e. The van der Waals surface area contributed by atoms with Gasteiger partial charge in [0.15, 0.2) is 0 Å². The molecule has 0 spiro atoms. The number of nitrogens with zero attached hydrogens (tertiary/aromatic N) is 2. The van der Waals surface area contributed by atoms with Gasteiger partial charge in [0.05, 0.1) is 16.3 Å². The molecule has 1 aliphatic rings. The number of piperidine rings is 1. The Kier molecular flexibility index (Phi) is 7.07. The van der Waals surface area contributed by atoms with Crippen LogP contribution in [0.15, 0.2) is 66.9 Å². The zero-order valence-electron chi connectivity index (χ0n) is 17.0. The van der Waals surface area contributed by atoms with Gasteiger partial charge in [-0.3, -0.25) is 9.69 Å². The SMILES string of the molecule is O=C(Nc1ccc(NC2CCN(Cc3ccccc3)CC2)c(Cl)c1)c1ccc(Cl)nc1. The molecule has 160 valence electrons. The molecule has 3 aromatic rings. The largest absolute Gasteiger partial charge is 0.381 e. The highest BCUT2D eigenvalue weighted by molar-refractivity contribution is 6.33. The van der Waals surface area contributed by atoms with Gasteiger partial charge >= 0.3 is 0 Å². The molecular weight excluding hydrogens is 431 g/mol. The maximum Gasteiger partial charge on any atom is 0.257 e. The lowest BCUT2D eigenvalue weighted by Gasteiger charge is -2.33. The Morgan fingerprint density at radius 2 is 1.81 bits per heavy atom. The van der Waals surface area contributed by atoms with Crippen LogP contribution in [-0.2, 0) is 6.54 Å². The number of halogens is 2. The number of aromatic nitrogens is 1. The van der Waals surface area contributed by atoms with E-state index in [1.165, 1.54) is 11.8 Å². The standard InChI is InChI=1S/C24H24Cl2N4O/c25-21-14-20(29-24(31)18-6-9-23(26)27-15-18)7-8-22(21)28-19-10-12-30(13-11-19)16-17-4-2-1-3-5-17/h1-9,14-15,19,28H,10-13,16H2,(H,29,31). The molecule has 4 rings (SSSR count). The van der Waals surface area contributed by atoms with Crippen molar-refractivity contribution in [3.05, 3.63) is 88.2 Å². The number of rotatable bonds is 6. The van der Waals surface area contributed by atoms with Crippen molar-refractivity contribution in [1.29, 1.82) is 0 Å². The Bertz CT molecular complexity index is 1020. The van der Waals surface area contributed by atoms with E-state index in [1.807, 2.05) is 12.1 Å². The maximum atomic E-state index is 12.3. The molecule has 0 aliphatic carbocycles. The summed E-state index contributed by atoms with van der Waals surface area (Å²) in [5.74, 6) is -0.258. The summed E-state index contributed by atoms with van der Waals surface area (Å²) in [7, 11) is 0. The monoisotopic (exact) mass is 454 g/mol. The summed E-state index contributed by atoms with van der Waals surface area (Å²) in [5.41, 5.74) is 3.30. The molecule has 31 heavy (non-hydrogen) atoms. The van der Waals surface area contributed by atoms with E-state index >= 15 is 0 Å². The van der Waals surface area contributed by atoms with Gasteiger partial charge in [-0.05, 0) is 48.7 Å². The molecule has 1 aliphatic heterocycles. The van der Waals surface area contributed by atoms with Crippen LogP contribution in [0, 0.1) is 0 Å². The number of likely N-dealkylation sites (tertiary alicyclic amines) is 1. The van der Waals surface area contributed by atoms with Crippen LogP contribution in [0.3, 0.4) is 0 Å². The summed E-state index contributed by atoms with van der Waals surface area (Å²) < 4.78 is 0. The lowest BCUT2D eigenvalue weighted by Crippen LogP contribution is -2.38. The van der Waals surface area contributed by atoms with Crippen LogP contribution in [0.25, 0.3) is 0 Å². The van der Waals surface area contributed by atoms with E-state index in [-0.39, 0.29) is 5.91 Å². The number of hydrogen-bond acceptors (Lipinski definition) is 4. The number of amides is 1. The summed E-state index contributed by atoms with van der Waals surface area (Å²) in [4.78, 5) is 18.8. The number of anilines is 2. The van der Waals surface area contributed by atoms with Crippen molar-refractivity contribution in [2.45, 2.75) is 25.4 Å². The minimum atomic E-state index is -0.258. The molecular formula is C24H24Cl2N4O. The van der Waals surface area contributed by atoms with Gasteiger partial charge in [0, 0.05) is 37.6 Å². The Balaban J connectivity index is 1.29. The van der Waals surface area contributed by atoms with E-state index < -0.39 is 0 Å². The number of carbonyl (C=O) groups excluding carboxylic acids is 1. The van der Waals surface area contributed by atoms with Crippen molar-refractivity contribution >= 4 is 40.5 Å².